The highest BCUT2D eigenvalue weighted by atomic mass is 35.5. The zero-order chi connectivity index (χ0) is 10.7. The van der Waals surface area contributed by atoms with Gasteiger partial charge in [-0.3, -0.25) is 0 Å². The molecule has 1 atom stereocenters. The first-order chi connectivity index (χ1) is 6.57. The SMILES string of the molecule is CCC[C@@H](N)c1c(Cl)ccc(Cl)c1Cl. The topological polar surface area (TPSA) is 26.0 Å². The number of halogens is 3. The Hall–Kier alpha value is 0.0500. The van der Waals surface area contributed by atoms with E-state index in [4.69, 9.17) is 40.5 Å². The fourth-order valence-corrected chi connectivity index (χ4v) is 2.15. The summed E-state index contributed by atoms with van der Waals surface area (Å²) in [6, 6.07) is 3.26. The van der Waals surface area contributed by atoms with Gasteiger partial charge in [-0.15, -0.1) is 0 Å². The van der Waals surface area contributed by atoms with Crippen LogP contribution in [0.25, 0.3) is 0 Å². The first kappa shape index (κ1) is 12.1. The second-order valence-electron chi connectivity index (χ2n) is 3.15. The molecule has 0 aliphatic rings. The molecule has 0 amide bonds. The van der Waals surface area contributed by atoms with Gasteiger partial charge in [0.2, 0.25) is 0 Å². The molecular formula is C10H12Cl3N. The van der Waals surface area contributed by atoms with Gasteiger partial charge < -0.3 is 5.73 Å². The van der Waals surface area contributed by atoms with E-state index in [0.29, 0.717) is 15.1 Å². The highest BCUT2D eigenvalue weighted by Gasteiger charge is 2.15. The molecule has 2 N–H and O–H groups in total. The molecule has 0 radical (unpaired) electrons. The van der Waals surface area contributed by atoms with E-state index < -0.39 is 0 Å². The van der Waals surface area contributed by atoms with Crippen molar-refractivity contribution in [2.45, 2.75) is 25.8 Å². The minimum absolute atomic E-state index is 0.140. The van der Waals surface area contributed by atoms with Gasteiger partial charge in [0.1, 0.15) is 0 Å². The van der Waals surface area contributed by atoms with Crippen LogP contribution in [-0.4, -0.2) is 0 Å². The Morgan fingerprint density at radius 2 is 1.79 bits per heavy atom. The molecule has 1 aromatic carbocycles. The third kappa shape index (κ3) is 2.54. The normalized spacial score (nSPS) is 12.9. The predicted molar refractivity (Wildman–Crippen MR) is 63.3 cm³/mol. The van der Waals surface area contributed by atoms with Crippen LogP contribution < -0.4 is 5.73 Å². The highest BCUT2D eigenvalue weighted by Crippen LogP contribution is 2.36. The highest BCUT2D eigenvalue weighted by molar-refractivity contribution is 6.44. The van der Waals surface area contributed by atoms with Crippen LogP contribution in [0, 0.1) is 0 Å². The molecule has 0 spiro atoms. The minimum atomic E-state index is -0.140. The molecule has 14 heavy (non-hydrogen) atoms. The fourth-order valence-electron chi connectivity index (χ4n) is 1.34. The molecule has 1 rings (SSSR count). The summed E-state index contributed by atoms with van der Waals surface area (Å²) in [5, 5.41) is 1.55. The third-order valence-corrected chi connectivity index (χ3v) is 3.20. The van der Waals surface area contributed by atoms with Gasteiger partial charge in [-0.2, -0.15) is 0 Å². The second-order valence-corrected chi connectivity index (χ2v) is 4.34. The van der Waals surface area contributed by atoms with E-state index in [1.165, 1.54) is 0 Å². The zero-order valence-electron chi connectivity index (χ0n) is 7.86. The lowest BCUT2D eigenvalue weighted by Gasteiger charge is -2.15. The maximum absolute atomic E-state index is 6.03. The van der Waals surface area contributed by atoms with Gasteiger partial charge in [-0.1, -0.05) is 48.1 Å². The van der Waals surface area contributed by atoms with Gasteiger partial charge in [0.15, 0.2) is 0 Å². The predicted octanol–water partition coefficient (Wildman–Crippen LogP) is 4.45. The Balaban J connectivity index is 3.11. The van der Waals surface area contributed by atoms with Gasteiger partial charge >= 0.3 is 0 Å². The molecule has 78 valence electrons. The Labute approximate surface area is 99.1 Å². The first-order valence-electron chi connectivity index (χ1n) is 4.46. The van der Waals surface area contributed by atoms with Crippen LogP contribution in [0.3, 0.4) is 0 Å². The molecule has 0 saturated heterocycles. The molecule has 1 aromatic rings. The van der Waals surface area contributed by atoms with Crippen molar-refractivity contribution in [3.05, 3.63) is 32.8 Å². The van der Waals surface area contributed by atoms with Gasteiger partial charge in [0, 0.05) is 16.6 Å². The van der Waals surface area contributed by atoms with Crippen LogP contribution in [0.5, 0.6) is 0 Å². The quantitative estimate of drug-likeness (QED) is 0.791. The van der Waals surface area contributed by atoms with E-state index in [1.54, 1.807) is 12.1 Å². The maximum Gasteiger partial charge on any atom is 0.0654 e. The van der Waals surface area contributed by atoms with Crippen molar-refractivity contribution < 1.29 is 0 Å². The summed E-state index contributed by atoms with van der Waals surface area (Å²) in [5.74, 6) is 0. The number of hydrogen-bond donors (Lipinski definition) is 1. The summed E-state index contributed by atoms with van der Waals surface area (Å²) in [4.78, 5) is 0. The van der Waals surface area contributed by atoms with Gasteiger partial charge in [-0.25, -0.2) is 0 Å². The van der Waals surface area contributed by atoms with E-state index in [1.807, 2.05) is 0 Å². The molecule has 0 aliphatic carbocycles. The molecule has 0 fully saturated rings. The molecular weight excluding hydrogens is 240 g/mol. The van der Waals surface area contributed by atoms with Crippen LogP contribution in [0.15, 0.2) is 12.1 Å². The summed E-state index contributed by atoms with van der Waals surface area (Å²) in [6.45, 7) is 2.06. The van der Waals surface area contributed by atoms with Crippen molar-refractivity contribution in [3.8, 4) is 0 Å². The number of nitrogens with two attached hydrogens (primary N) is 1. The molecule has 0 aliphatic heterocycles. The number of hydrogen-bond acceptors (Lipinski definition) is 1. The van der Waals surface area contributed by atoms with Crippen molar-refractivity contribution in [1.29, 1.82) is 0 Å². The largest absolute Gasteiger partial charge is 0.324 e. The van der Waals surface area contributed by atoms with Gasteiger partial charge in [-0.05, 0) is 18.6 Å². The molecule has 0 unspecified atom stereocenters. The van der Waals surface area contributed by atoms with Crippen LogP contribution in [-0.2, 0) is 0 Å². The van der Waals surface area contributed by atoms with Crippen molar-refractivity contribution in [1.82, 2.24) is 0 Å². The summed E-state index contributed by atoms with van der Waals surface area (Å²) in [6.07, 6.45) is 1.83. The van der Waals surface area contributed by atoms with E-state index >= 15 is 0 Å². The lowest BCUT2D eigenvalue weighted by Crippen LogP contribution is -2.11. The summed E-state index contributed by atoms with van der Waals surface area (Å²) in [5.41, 5.74) is 6.70. The van der Waals surface area contributed by atoms with E-state index in [-0.39, 0.29) is 6.04 Å². The van der Waals surface area contributed by atoms with E-state index in [0.717, 1.165) is 18.4 Å². The molecule has 1 nitrogen and oxygen atoms in total. The minimum Gasteiger partial charge on any atom is -0.324 e. The average Bonchev–Trinajstić information content (AvgIpc) is 2.13. The Kier molecular flexibility index (Phi) is 4.52. The maximum atomic E-state index is 6.03. The summed E-state index contributed by atoms with van der Waals surface area (Å²) < 4.78 is 0. The molecule has 0 bridgehead atoms. The zero-order valence-corrected chi connectivity index (χ0v) is 10.1. The summed E-state index contributed by atoms with van der Waals surface area (Å²) in [7, 11) is 0. The smallest absolute Gasteiger partial charge is 0.0654 e. The van der Waals surface area contributed by atoms with Crippen molar-refractivity contribution in [3.63, 3.8) is 0 Å². The van der Waals surface area contributed by atoms with Crippen molar-refractivity contribution in [2.24, 2.45) is 5.73 Å². The molecule has 0 heterocycles. The molecule has 0 aromatic heterocycles. The summed E-state index contributed by atoms with van der Waals surface area (Å²) >= 11 is 17.9. The average molecular weight is 253 g/mol. The number of rotatable bonds is 3. The van der Waals surface area contributed by atoms with Crippen LogP contribution >= 0.6 is 34.8 Å². The Morgan fingerprint density at radius 3 is 2.36 bits per heavy atom. The van der Waals surface area contributed by atoms with Crippen molar-refractivity contribution in [2.75, 3.05) is 0 Å². The molecule has 0 saturated carbocycles. The monoisotopic (exact) mass is 251 g/mol. The van der Waals surface area contributed by atoms with Crippen LogP contribution in [0.2, 0.25) is 15.1 Å². The van der Waals surface area contributed by atoms with Crippen LogP contribution in [0.4, 0.5) is 0 Å². The lowest BCUT2D eigenvalue weighted by molar-refractivity contribution is 0.639. The number of benzene rings is 1. The third-order valence-electron chi connectivity index (χ3n) is 2.05. The first-order valence-corrected chi connectivity index (χ1v) is 5.60. The molecule has 4 heteroatoms. The Bertz CT molecular complexity index is 325. The second kappa shape index (κ2) is 5.22. The van der Waals surface area contributed by atoms with Crippen LogP contribution in [0.1, 0.15) is 31.4 Å². The lowest BCUT2D eigenvalue weighted by atomic mass is 10.0. The van der Waals surface area contributed by atoms with Gasteiger partial charge in [0.05, 0.1) is 10.0 Å². The standard InChI is InChI=1S/C10H12Cl3N/c1-2-3-8(14)9-6(11)4-5-7(12)10(9)13/h4-5,8H,2-3,14H2,1H3/t8-/m1/s1. The Morgan fingerprint density at radius 1 is 1.21 bits per heavy atom. The van der Waals surface area contributed by atoms with E-state index in [9.17, 15) is 0 Å². The van der Waals surface area contributed by atoms with E-state index in [2.05, 4.69) is 6.92 Å². The fraction of sp³-hybridized carbons (Fsp3) is 0.400. The van der Waals surface area contributed by atoms with Crippen molar-refractivity contribution >= 4 is 34.8 Å². The van der Waals surface area contributed by atoms with Gasteiger partial charge in [0.25, 0.3) is 0 Å².